The van der Waals surface area contributed by atoms with E-state index in [1.54, 1.807) is 14.0 Å². The van der Waals surface area contributed by atoms with E-state index in [2.05, 4.69) is 5.16 Å². The van der Waals surface area contributed by atoms with Gasteiger partial charge in [0.05, 0.1) is 5.56 Å². The number of aromatic hydroxyl groups is 1. The number of hydrogen-bond acceptors (Lipinski definition) is 4. The number of phenols is 1. The van der Waals surface area contributed by atoms with Gasteiger partial charge in [0.15, 0.2) is 0 Å². The smallest absolute Gasteiger partial charge is 0.257 e. The molecule has 1 aromatic rings. The van der Waals surface area contributed by atoms with Crippen molar-refractivity contribution in [2.24, 2.45) is 10.9 Å². The first kappa shape index (κ1) is 15.1. The van der Waals surface area contributed by atoms with Crippen LogP contribution in [0.3, 0.4) is 0 Å². The van der Waals surface area contributed by atoms with Crippen molar-refractivity contribution in [2.75, 3.05) is 7.05 Å². The van der Waals surface area contributed by atoms with Gasteiger partial charge in [-0.2, -0.15) is 0 Å². The van der Waals surface area contributed by atoms with Crippen LogP contribution in [-0.4, -0.2) is 40.0 Å². The van der Waals surface area contributed by atoms with Crippen molar-refractivity contribution in [2.45, 2.75) is 19.4 Å². The second-order valence-corrected chi connectivity index (χ2v) is 4.66. The minimum atomic E-state index is -0.391. The van der Waals surface area contributed by atoms with E-state index >= 15 is 0 Å². The first-order valence-electron chi connectivity index (χ1n) is 5.59. The summed E-state index contributed by atoms with van der Waals surface area (Å²) in [5.74, 6) is -0.502. The molecule has 0 spiro atoms. The Morgan fingerprint density at radius 2 is 2.21 bits per heavy atom. The fourth-order valence-electron chi connectivity index (χ4n) is 1.55. The van der Waals surface area contributed by atoms with Crippen LogP contribution in [0.25, 0.3) is 0 Å². The lowest BCUT2D eigenvalue weighted by Gasteiger charge is -2.25. The fourth-order valence-corrected chi connectivity index (χ4v) is 1.72. The van der Waals surface area contributed by atoms with Crippen LogP contribution in [0.1, 0.15) is 23.7 Å². The summed E-state index contributed by atoms with van der Waals surface area (Å²) in [6.45, 7) is 1.75. The van der Waals surface area contributed by atoms with Crippen molar-refractivity contribution in [3.8, 4) is 5.75 Å². The molecule has 1 atom stereocenters. The Hall–Kier alpha value is -1.95. The van der Waals surface area contributed by atoms with Crippen LogP contribution >= 0.6 is 11.6 Å². The molecule has 19 heavy (non-hydrogen) atoms. The molecule has 4 N–H and O–H groups in total. The highest BCUT2D eigenvalue weighted by Crippen LogP contribution is 2.23. The molecule has 0 aliphatic heterocycles. The van der Waals surface area contributed by atoms with E-state index < -0.39 is 5.91 Å². The van der Waals surface area contributed by atoms with Gasteiger partial charge < -0.3 is 20.9 Å². The molecule has 0 bridgehead atoms. The zero-order valence-corrected chi connectivity index (χ0v) is 11.4. The molecule has 0 aromatic heterocycles. The summed E-state index contributed by atoms with van der Waals surface area (Å²) in [6, 6.07) is 3.96. The zero-order chi connectivity index (χ0) is 14.6. The lowest BCUT2D eigenvalue weighted by atomic mass is 10.1. The number of amides is 1. The topological polar surface area (TPSA) is 99.2 Å². The van der Waals surface area contributed by atoms with E-state index in [0.717, 1.165) is 0 Å². The van der Waals surface area contributed by atoms with Gasteiger partial charge in [-0.25, -0.2) is 0 Å². The Morgan fingerprint density at radius 3 is 2.79 bits per heavy atom. The second-order valence-electron chi connectivity index (χ2n) is 4.22. The molecule has 6 nitrogen and oxygen atoms in total. The van der Waals surface area contributed by atoms with E-state index in [0.29, 0.717) is 5.02 Å². The minimum absolute atomic E-state index is 0.0301. The molecule has 0 aliphatic rings. The van der Waals surface area contributed by atoms with Gasteiger partial charge in [-0.15, -0.1) is 0 Å². The summed E-state index contributed by atoms with van der Waals surface area (Å²) < 4.78 is 0. The lowest BCUT2D eigenvalue weighted by Crippen LogP contribution is -2.37. The van der Waals surface area contributed by atoms with Crippen LogP contribution in [0.5, 0.6) is 5.75 Å². The predicted molar refractivity (Wildman–Crippen MR) is 72.7 cm³/mol. The van der Waals surface area contributed by atoms with Crippen LogP contribution < -0.4 is 5.73 Å². The summed E-state index contributed by atoms with van der Waals surface area (Å²) in [7, 11) is 1.57. The molecule has 0 saturated carbocycles. The third kappa shape index (κ3) is 3.75. The van der Waals surface area contributed by atoms with E-state index in [1.165, 1.54) is 23.1 Å². The van der Waals surface area contributed by atoms with E-state index in [4.69, 9.17) is 22.5 Å². The van der Waals surface area contributed by atoms with Crippen molar-refractivity contribution < 1.29 is 15.1 Å². The number of hydrogen-bond donors (Lipinski definition) is 3. The van der Waals surface area contributed by atoms with Crippen LogP contribution in [0.15, 0.2) is 23.4 Å². The van der Waals surface area contributed by atoms with Crippen LogP contribution in [0.4, 0.5) is 0 Å². The Morgan fingerprint density at radius 1 is 1.58 bits per heavy atom. The standard InChI is InChI=1S/C12H16ClN3O3/c1-7(5-11(14)15-19)16(2)12(18)9-6-8(13)3-4-10(9)17/h3-4,6-7,17,19H,5H2,1-2H3,(H2,14,15). The zero-order valence-electron chi connectivity index (χ0n) is 10.7. The van der Waals surface area contributed by atoms with Crippen molar-refractivity contribution in [3.05, 3.63) is 28.8 Å². The second kappa shape index (κ2) is 6.29. The summed E-state index contributed by atoms with van der Waals surface area (Å²) >= 11 is 5.80. The third-order valence-corrected chi connectivity index (χ3v) is 3.04. The van der Waals surface area contributed by atoms with Gasteiger partial charge >= 0.3 is 0 Å². The summed E-state index contributed by atoms with van der Waals surface area (Å²) in [4.78, 5) is 13.6. The average Bonchev–Trinajstić information content (AvgIpc) is 2.39. The van der Waals surface area contributed by atoms with Crippen LogP contribution in [0, 0.1) is 0 Å². The van der Waals surface area contributed by atoms with Gasteiger partial charge in [0.2, 0.25) is 0 Å². The van der Waals surface area contributed by atoms with Crippen molar-refractivity contribution in [1.29, 1.82) is 0 Å². The number of phenolic OH excluding ortho intramolecular Hbond substituents is 1. The molecule has 0 aliphatic carbocycles. The lowest BCUT2D eigenvalue weighted by molar-refractivity contribution is 0.0744. The number of halogens is 1. The predicted octanol–water partition coefficient (Wildman–Crippen LogP) is 1.64. The molecule has 0 fully saturated rings. The molecule has 1 amide bonds. The number of rotatable bonds is 4. The maximum atomic E-state index is 12.2. The van der Waals surface area contributed by atoms with E-state index in [1.807, 2.05) is 0 Å². The Balaban J connectivity index is 2.90. The van der Waals surface area contributed by atoms with E-state index in [9.17, 15) is 9.90 Å². The van der Waals surface area contributed by atoms with Crippen molar-refractivity contribution in [1.82, 2.24) is 4.90 Å². The number of oxime groups is 1. The third-order valence-electron chi connectivity index (χ3n) is 2.80. The molecule has 0 radical (unpaired) electrons. The monoisotopic (exact) mass is 285 g/mol. The SMILES string of the molecule is CC(CC(N)=NO)N(C)C(=O)c1cc(Cl)ccc1O. The van der Waals surface area contributed by atoms with E-state index in [-0.39, 0.29) is 29.6 Å². The van der Waals surface area contributed by atoms with Crippen LogP contribution in [0.2, 0.25) is 5.02 Å². The molecule has 0 saturated heterocycles. The number of amidine groups is 1. The van der Waals surface area contributed by atoms with Gasteiger partial charge in [-0.05, 0) is 25.1 Å². The normalized spacial score (nSPS) is 13.1. The van der Waals surface area contributed by atoms with Gasteiger partial charge in [0, 0.05) is 24.5 Å². The molecule has 0 heterocycles. The molecule has 1 rings (SSSR count). The maximum absolute atomic E-state index is 12.2. The highest BCUT2D eigenvalue weighted by Gasteiger charge is 2.21. The minimum Gasteiger partial charge on any atom is -0.507 e. The molecular formula is C12H16ClN3O3. The highest BCUT2D eigenvalue weighted by molar-refractivity contribution is 6.31. The summed E-state index contributed by atoms with van der Waals surface area (Å²) in [5.41, 5.74) is 5.51. The summed E-state index contributed by atoms with van der Waals surface area (Å²) in [6.07, 6.45) is 0.222. The summed E-state index contributed by atoms with van der Waals surface area (Å²) in [5, 5.41) is 21.4. The largest absolute Gasteiger partial charge is 0.507 e. The fraction of sp³-hybridized carbons (Fsp3) is 0.333. The van der Waals surface area contributed by atoms with Gasteiger partial charge in [0.1, 0.15) is 11.6 Å². The Labute approximate surface area is 116 Å². The van der Waals surface area contributed by atoms with Crippen LogP contribution in [-0.2, 0) is 0 Å². The maximum Gasteiger partial charge on any atom is 0.257 e. The Kier molecular flexibility index (Phi) is 5.00. The Bertz CT molecular complexity index is 505. The molecule has 104 valence electrons. The van der Waals surface area contributed by atoms with Gasteiger partial charge in [-0.1, -0.05) is 16.8 Å². The molecule has 1 unspecified atom stereocenters. The highest BCUT2D eigenvalue weighted by atomic mass is 35.5. The number of nitrogens with zero attached hydrogens (tertiary/aromatic N) is 2. The van der Waals surface area contributed by atoms with Crippen molar-refractivity contribution in [3.63, 3.8) is 0 Å². The number of nitrogens with two attached hydrogens (primary N) is 1. The number of carbonyl (C=O) groups excluding carboxylic acids is 1. The average molecular weight is 286 g/mol. The quantitative estimate of drug-likeness (QED) is 0.339. The first-order valence-corrected chi connectivity index (χ1v) is 5.96. The number of carbonyl (C=O) groups is 1. The van der Waals surface area contributed by atoms with Crippen molar-refractivity contribution >= 4 is 23.3 Å². The molecule has 7 heteroatoms. The molecular weight excluding hydrogens is 270 g/mol. The number of benzene rings is 1. The first-order chi connectivity index (χ1) is 8.86. The van der Waals surface area contributed by atoms with Gasteiger partial charge in [-0.3, -0.25) is 4.79 Å². The molecule has 1 aromatic carbocycles. The van der Waals surface area contributed by atoms with Gasteiger partial charge in [0.25, 0.3) is 5.91 Å².